The lowest BCUT2D eigenvalue weighted by Crippen LogP contribution is -2.35. The number of halogens is 1. The molecule has 9 nitrogen and oxygen atoms in total. The van der Waals surface area contributed by atoms with Crippen LogP contribution >= 0.6 is 22.6 Å². The van der Waals surface area contributed by atoms with Gasteiger partial charge in [0, 0.05) is 43.7 Å². The van der Waals surface area contributed by atoms with Gasteiger partial charge in [-0.05, 0) is 105 Å². The number of methoxy groups -OCH3 is 3. The smallest absolute Gasteiger partial charge is 0.178 e. The summed E-state index contributed by atoms with van der Waals surface area (Å²) in [5.41, 5.74) is 15.5. The Balaban J connectivity index is 1.46. The zero-order valence-corrected chi connectivity index (χ0v) is 30.6. The van der Waals surface area contributed by atoms with Crippen molar-refractivity contribution < 1.29 is 28.8 Å². The minimum atomic E-state index is -1.36. The Hall–Kier alpha value is -5.68. The van der Waals surface area contributed by atoms with Gasteiger partial charge in [-0.25, -0.2) is 0 Å². The van der Waals surface area contributed by atoms with Crippen LogP contribution in [0, 0.1) is 0 Å². The molecule has 0 saturated carbocycles. The molecule has 52 heavy (non-hydrogen) atoms. The minimum absolute atomic E-state index is 0.206. The van der Waals surface area contributed by atoms with Gasteiger partial charge in [-0.1, -0.05) is 71.9 Å². The fraction of sp³-hybridized carbons (Fsp3) is 0.143. The third-order valence-electron chi connectivity index (χ3n) is 9.81. The SMILES string of the molecule is COc1ccc(-c2cc3c4c(c5c(c3cc2OCN=[N+]=[N-])-c2ccccc2C5(O)I)C=CC(c2ccc(OC)cc2)(c2ccc(OC)cc2)O4)cc1. The van der Waals surface area contributed by atoms with E-state index in [0.29, 0.717) is 17.2 Å². The highest BCUT2D eigenvalue weighted by atomic mass is 127. The van der Waals surface area contributed by atoms with Gasteiger partial charge in [0.1, 0.15) is 28.7 Å². The zero-order valence-electron chi connectivity index (χ0n) is 28.5. The second-order valence-electron chi connectivity index (χ2n) is 12.4. The van der Waals surface area contributed by atoms with Gasteiger partial charge in [0.05, 0.1) is 21.3 Å². The van der Waals surface area contributed by atoms with Crippen molar-refractivity contribution in [1.29, 1.82) is 0 Å². The standard InChI is InChI=1S/C42H32IN3O6/c1-48-28-14-8-25(9-15-28)33-22-35-34(23-37(33)51-24-45-46-44)38-31-6-4-5-7-36(31)42(43,47)39(38)32-20-21-41(52-40(32)35,26-10-16-29(49-2)17-11-26)27-12-18-30(50-3)19-13-27/h4-23,47H,24H2,1-3H3. The molecule has 0 saturated heterocycles. The largest absolute Gasteiger partial charge is 0.497 e. The van der Waals surface area contributed by atoms with E-state index in [1.54, 1.807) is 21.3 Å². The van der Waals surface area contributed by atoms with Gasteiger partial charge in [0.15, 0.2) is 15.9 Å². The van der Waals surface area contributed by atoms with Crippen molar-refractivity contribution in [2.24, 2.45) is 5.11 Å². The van der Waals surface area contributed by atoms with Gasteiger partial charge >= 0.3 is 0 Å². The van der Waals surface area contributed by atoms with Crippen LogP contribution in [-0.2, 0) is 9.21 Å². The fourth-order valence-electron chi connectivity index (χ4n) is 7.31. The van der Waals surface area contributed by atoms with Crippen LogP contribution in [0.4, 0.5) is 0 Å². The zero-order chi connectivity index (χ0) is 36.0. The summed E-state index contributed by atoms with van der Waals surface area (Å²) in [6.07, 6.45) is 4.13. The van der Waals surface area contributed by atoms with Crippen molar-refractivity contribution in [2.75, 3.05) is 28.1 Å². The summed E-state index contributed by atoms with van der Waals surface area (Å²) in [7, 11) is 4.91. The van der Waals surface area contributed by atoms with Crippen molar-refractivity contribution in [3.8, 4) is 51.0 Å². The highest BCUT2D eigenvalue weighted by molar-refractivity contribution is 14.1. The molecule has 2 aliphatic rings. The first-order valence-corrected chi connectivity index (χ1v) is 17.6. The average molecular weight is 802 g/mol. The van der Waals surface area contributed by atoms with Gasteiger partial charge in [-0.2, -0.15) is 0 Å². The Kier molecular flexibility index (Phi) is 8.45. The first-order valence-electron chi connectivity index (χ1n) is 16.5. The van der Waals surface area contributed by atoms with Crippen LogP contribution in [0.2, 0.25) is 0 Å². The normalized spacial score (nSPS) is 16.2. The molecule has 0 bridgehead atoms. The molecule has 0 spiro atoms. The van der Waals surface area contributed by atoms with E-state index in [1.165, 1.54) is 0 Å². The third-order valence-corrected chi connectivity index (χ3v) is 10.9. The predicted octanol–water partition coefficient (Wildman–Crippen LogP) is 10.1. The highest BCUT2D eigenvalue weighted by Crippen LogP contribution is 2.60. The second kappa shape index (κ2) is 13.1. The van der Waals surface area contributed by atoms with Crippen molar-refractivity contribution in [3.05, 3.63) is 154 Å². The van der Waals surface area contributed by atoms with Crippen molar-refractivity contribution >= 4 is 39.4 Å². The number of hydrogen-bond donors (Lipinski definition) is 1. The summed E-state index contributed by atoms with van der Waals surface area (Å²) < 4.78 is 28.7. The number of fused-ring (bicyclic) bond motifs is 8. The molecular formula is C42H32IN3O6. The molecule has 10 heteroatoms. The summed E-state index contributed by atoms with van der Waals surface area (Å²) in [5.74, 6) is 3.27. The Labute approximate surface area is 313 Å². The summed E-state index contributed by atoms with van der Waals surface area (Å²) in [6.45, 7) is -0.206. The summed E-state index contributed by atoms with van der Waals surface area (Å²) in [4.78, 5) is 2.90. The molecule has 0 fully saturated rings. The van der Waals surface area contributed by atoms with E-state index in [-0.39, 0.29) is 6.73 Å². The number of nitrogens with zero attached hydrogens (tertiary/aromatic N) is 3. The topological polar surface area (TPSA) is 115 Å². The first kappa shape index (κ1) is 33.5. The van der Waals surface area contributed by atoms with E-state index in [2.05, 4.69) is 50.8 Å². The Morgan fingerprint density at radius 2 is 1.37 bits per heavy atom. The predicted molar refractivity (Wildman–Crippen MR) is 209 cm³/mol. The lowest BCUT2D eigenvalue weighted by atomic mass is 9.81. The van der Waals surface area contributed by atoms with Crippen LogP contribution < -0.4 is 23.7 Å². The molecule has 0 radical (unpaired) electrons. The number of ether oxygens (including phenoxy) is 5. The van der Waals surface area contributed by atoms with Crippen LogP contribution in [0.1, 0.15) is 27.8 Å². The van der Waals surface area contributed by atoms with Gasteiger partial charge in [-0.15, -0.1) is 0 Å². The molecule has 6 aromatic rings. The quantitative estimate of drug-likeness (QED) is 0.0512. The molecule has 8 rings (SSSR count). The molecular weight excluding hydrogens is 769 g/mol. The molecule has 1 aliphatic carbocycles. The maximum absolute atomic E-state index is 12.4. The maximum atomic E-state index is 12.4. The van der Waals surface area contributed by atoms with E-state index < -0.39 is 9.21 Å². The van der Waals surface area contributed by atoms with Gasteiger partial charge in [0.2, 0.25) is 0 Å². The van der Waals surface area contributed by atoms with E-state index in [4.69, 9.17) is 29.2 Å². The highest BCUT2D eigenvalue weighted by Gasteiger charge is 2.46. The number of rotatable bonds is 9. The van der Waals surface area contributed by atoms with Crippen molar-refractivity contribution in [2.45, 2.75) is 9.21 Å². The monoisotopic (exact) mass is 801 g/mol. The molecule has 1 atom stereocenters. The van der Waals surface area contributed by atoms with Crippen LogP contribution in [0.5, 0.6) is 28.7 Å². The first-order chi connectivity index (χ1) is 25.3. The molecule has 1 N–H and O–H groups in total. The van der Waals surface area contributed by atoms with Crippen LogP contribution in [0.3, 0.4) is 0 Å². The number of alkyl halides is 1. The van der Waals surface area contributed by atoms with Crippen LogP contribution in [-0.4, -0.2) is 33.2 Å². The van der Waals surface area contributed by atoms with Crippen LogP contribution in [0.25, 0.3) is 49.5 Å². The van der Waals surface area contributed by atoms with Crippen LogP contribution in [0.15, 0.2) is 120 Å². The fourth-order valence-corrected chi connectivity index (χ4v) is 8.34. The molecule has 0 amide bonds. The lowest BCUT2D eigenvalue weighted by Gasteiger charge is -2.38. The van der Waals surface area contributed by atoms with Gasteiger partial charge in [0.25, 0.3) is 0 Å². The maximum Gasteiger partial charge on any atom is 0.178 e. The van der Waals surface area contributed by atoms with E-state index >= 15 is 0 Å². The Morgan fingerprint density at radius 1 is 0.769 bits per heavy atom. The number of benzene rings is 6. The van der Waals surface area contributed by atoms with E-state index in [1.807, 2.05) is 103 Å². The summed E-state index contributed by atoms with van der Waals surface area (Å²) in [5, 5.41) is 17.7. The molecule has 1 unspecified atom stereocenters. The Morgan fingerprint density at radius 3 is 1.96 bits per heavy atom. The lowest BCUT2D eigenvalue weighted by molar-refractivity contribution is 0.161. The Bertz CT molecular complexity index is 2370. The molecule has 6 aromatic carbocycles. The van der Waals surface area contributed by atoms with E-state index in [9.17, 15) is 5.11 Å². The summed E-state index contributed by atoms with van der Waals surface area (Å²) in [6, 6.07) is 35.3. The number of hydrogen-bond acceptors (Lipinski definition) is 7. The van der Waals surface area contributed by atoms with Crippen molar-refractivity contribution in [3.63, 3.8) is 0 Å². The van der Waals surface area contributed by atoms with Gasteiger partial charge < -0.3 is 28.8 Å². The average Bonchev–Trinajstić information content (AvgIpc) is 3.44. The van der Waals surface area contributed by atoms with Crippen molar-refractivity contribution in [1.82, 2.24) is 0 Å². The molecule has 0 aromatic heterocycles. The third kappa shape index (κ3) is 5.30. The molecule has 1 aliphatic heterocycles. The van der Waals surface area contributed by atoms with E-state index in [0.717, 1.165) is 72.3 Å². The van der Waals surface area contributed by atoms with Gasteiger partial charge in [-0.3, -0.25) is 0 Å². The second-order valence-corrected chi connectivity index (χ2v) is 14.0. The summed E-state index contributed by atoms with van der Waals surface area (Å²) >= 11 is 2.13. The molecule has 1 heterocycles. The minimum Gasteiger partial charge on any atom is -0.497 e. The molecule has 258 valence electrons. The number of azide groups is 1. The number of aliphatic hydroxyl groups is 1.